The summed E-state index contributed by atoms with van der Waals surface area (Å²) in [6, 6.07) is 7.96. The van der Waals surface area contributed by atoms with Gasteiger partial charge in [-0.05, 0) is 37.5 Å². The van der Waals surface area contributed by atoms with E-state index in [1.807, 2.05) is 36.0 Å². The van der Waals surface area contributed by atoms with Crippen LogP contribution in [0.3, 0.4) is 0 Å². The van der Waals surface area contributed by atoms with Gasteiger partial charge in [0.15, 0.2) is 0 Å². The summed E-state index contributed by atoms with van der Waals surface area (Å²) >= 11 is 1.90. The zero-order valence-electron chi connectivity index (χ0n) is 9.94. The van der Waals surface area contributed by atoms with Gasteiger partial charge in [-0.25, -0.2) is 4.79 Å². The van der Waals surface area contributed by atoms with E-state index in [0.717, 1.165) is 10.8 Å². The number of carbonyl (C=O) groups excluding carboxylic acids is 1. The van der Waals surface area contributed by atoms with Crippen molar-refractivity contribution in [2.75, 3.05) is 6.61 Å². The summed E-state index contributed by atoms with van der Waals surface area (Å²) in [5.74, 6) is -0.338. The third-order valence-corrected chi connectivity index (χ3v) is 3.90. The highest BCUT2D eigenvalue weighted by Crippen LogP contribution is 2.39. The van der Waals surface area contributed by atoms with E-state index < -0.39 is 0 Å². The molecule has 1 aliphatic rings. The lowest BCUT2D eigenvalue weighted by Gasteiger charge is -2.06. The van der Waals surface area contributed by atoms with Gasteiger partial charge in [-0.2, -0.15) is 0 Å². The number of esters is 1. The van der Waals surface area contributed by atoms with E-state index in [4.69, 9.17) is 4.74 Å². The average Bonchev–Trinajstić information content (AvgIpc) is 3.13. The van der Waals surface area contributed by atoms with Gasteiger partial charge in [0.05, 0.1) is 12.2 Å². The largest absolute Gasteiger partial charge is 0.462 e. The molecule has 1 saturated carbocycles. The van der Waals surface area contributed by atoms with E-state index in [9.17, 15) is 4.79 Å². The van der Waals surface area contributed by atoms with Crippen LogP contribution in [0.1, 0.15) is 25.3 Å². The number of hydrogen-bond acceptors (Lipinski definition) is 3. The van der Waals surface area contributed by atoms with Crippen molar-refractivity contribution < 1.29 is 9.53 Å². The first-order valence-corrected chi connectivity index (χ1v) is 6.71. The topological polar surface area (TPSA) is 26.3 Å². The summed E-state index contributed by atoms with van der Waals surface area (Å²) in [5, 5.41) is 0.800. The Morgan fingerprint density at radius 1 is 1.41 bits per heavy atom. The molecular formula is C14H16O2S. The van der Waals surface area contributed by atoms with Crippen molar-refractivity contribution in [3.63, 3.8) is 0 Å². The van der Waals surface area contributed by atoms with Crippen molar-refractivity contribution in [1.82, 2.24) is 0 Å². The first-order valence-electron chi connectivity index (χ1n) is 5.84. The van der Waals surface area contributed by atoms with Gasteiger partial charge < -0.3 is 4.74 Å². The van der Waals surface area contributed by atoms with Crippen LogP contribution in [-0.4, -0.2) is 17.8 Å². The molecule has 0 aliphatic heterocycles. The van der Waals surface area contributed by atoms with Crippen molar-refractivity contribution in [3.8, 4) is 0 Å². The Bertz CT molecular complexity index is 418. The fourth-order valence-electron chi connectivity index (χ4n) is 1.45. The van der Waals surface area contributed by atoms with E-state index in [-0.39, 0.29) is 5.97 Å². The molecule has 0 bridgehead atoms. The minimum absolute atomic E-state index is 0.338. The lowest BCUT2D eigenvalue weighted by atomic mass is 10.1. The molecule has 0 radical (unpaired) electrons. The number of carbonyl (C=O) groups is 1. The summed E-state index contributed by atoms with van der Waals surface area (Å²) in [6.07, 6.45) is 2.64. The Balaban J connectivity index is 2.00. The van der Waals surface area contributed by atoms with Crippen molar-refractivity contribution in [1.29, 1.82) is 0 Å². The van der Waals surface area contributed by atoms with Crippen molar-refractivity contribution in [2.24, 2.45) is 0 Å². The Labute approximate surface area is 106 Å². The van der Waals surface area contributed by atoms with Crippen LogP contribution in [0.15, 0.2) is 35.7 Å². The molecule has 2 rings (SSSR count). The first-order chi connectivity index (χ1) is 8.20. The van der Waals surface area contributed by atoms with E-state index >= 15 is 0 Å². The van der Waals surface area contributed by atoms with Gasteiger partial charge in [-0.3, -0.25) is 0 Å². The van der Waals surface area contributed by atoms with Crippen LogP contribution >= 0.6 is 11.8 Å². The molecule has 0 spiro atoms. The second-order valence-electron chi connectivity index (χ2n) is 4.04. The molecule has 1 aromatic rings. The van der Waals surface area contributed by atoms with E-state index in [1.165, 1.54) is 17.7 Å². The summed E-state index contributed by atoms with van der Waals surface area (Å²) in [6.45, 7) is 5.94. The Kier molecular flexibility index (Phi) is 3.89. The number of thioether (sulfide) groups is 1. The second kappa shape index (κ2) is 5.41. The Hall–Kier alpha value is -1.22. The number of benzene rings is 1. The maximum atomic E-state index is 11.5. The third-order valence-electron chi connectivity index (χ3n) is 2.55. The van der Waals surface area contributed by atoms with Crippen LogP contribution in [0.25, 0.3) is 5.57 Å². The summed E-state index contributed by atoms with van der Waals surface area (Å²) < 4.78 is 4.92. The number of hydrogen-bond donors (Lipinski definition) is 0. The lowest BCUT2D eigenvalue weighted by Crippen LogP contribution is -2.05. The van der Waals surface area contributed by atoms with Crippen LogP contribution < -0.4 is 0 Å². The minimum atomic E-state index is -0.338. The first kappa shape index (κ1) is 12.2. The van der Waals surface area contributed by atoms with Gasteiger partial charge in [0.2, 0.25) is 0 Å². The molecule has 1 aromatic carbocycles. The zero-order chi connectivity index (χ0) is 12.3. The lowest BCUT2D eigenvalue weighted by molar-refractivity contribution is -0.136. The molecule has 0 unspecified atom stereocenters. The standard InChI is InChI=1S/C14H16O2S/c1-3-16-14(15)10(2)11-4-6-12(7-5-11)17-13-8-9-13/h4-7,13H,2-3,8-9H2,1H3. The number of rotatable bonds is 5. The van der Waals surface area contributed by atoms with Gasteiger partial charge in [-0.1, -0.05) is 18.7 Å². The van der Waals surface area contributed by atoms with E-state index in [0.29, 0.717) is 12.2 Å². The van der Waals surface area contributed by atoms with Gasteiger partial charge in [-0.15, -0.1) is 11.8 Å². The molecule has 90 valence electrons. The van der Waals surface area contributed by atoms with Crippen molar-refractivity contribution in [3.05, 3.63) is 36.4 Å². The second-order valence-corrected chi connectivity index (χ2v) is 5.41. The molecule has 0 heterocycles. The summed E-state index contributed by atoms with van der Waals surface area (Å²) in [4.78, 5) is 12.7. The molecule has 0 amide bonds. The highest BCUT2D eigenvalue weighted by atomic mass is 32.2. The molecular weight excluding hydrogens is 232 g/mol. The molecule has 0 aromatic heterocycles. The fourth-order valence-corrected chi connectivity index (χ4v) is 2.50. The summed E-state index contributed by atoms with van der Waals surface area (Å²) in [5.41, 5.74) is 1.26. The van der Waals surface area contributed by atoms with Crippen LogP contribution in [0.4, 0.5) is 0 Å². The molecule has 0 atom stereocenters. The van der Waals surface area contributed by atoms with Crippen LogP contribution in [0.2, 0.25) is 0 Å². The Morgan fingerprint density at radius 2 is 2.06 bits per heavy atom. The number of ether oxygens (including phenoxy) is 1. The molecule has 2 nitrogen and oxygen atoms in total. The predicted octanol–water partition coefficient (Wildman–Crippen LogP) is 3.52. The van der Waals surface area contributed by atoms with Crippen LogP contribution in [-0.2, 0) is 9.53 Å². The molecule has 1 fully saturated rings. The van der Waals surface area contributed by atoms with Crippen LogP contribution in [0, 0.1) is 0 Å². The minimum Gasteiger partial charge on any atom is -0.462 e. The molecule has 17 heavy (non-hydrogen) atoms. The van der Waals surface area contributed by atoms with Crippen molar-refractivity contribution in [2.45, 2.75) is 29.9 Å². The maximum Gasteiger partial charge on any atom is 0.338 e. The fraction of sp³-hybridized carbons (Fsp3) is 0.357. The van der Waals surface area contributed by atoms with Gasteiger partial charge >= 0.3 is 5.97 Å². The maximum absolute atomic E-state index is 11.5. The van der Waals surface area contributed by atoms with E-state index in [1.54, 1.807) is 6.92 Å². The van der Waals surface area contributed by atoms with Gasteiger partial charge in [0, 0.05) is 10.1 Å². The smallest absolute Gasteiger partial charge is 0.338 e. The SMILES string of the molecule is C=C(C(=O)OCC)c1ccc(SC2CC2)cc1. The highest BCUT2D eigenvalue weighted by molar-refractivity contribution is 8.00. The Morgan fingerprint density at radius 3 is 2.59 bits per heavy atom. The molecule has 3 heteroatoms. The predicted molar refractivity (Wildman–Crippen MR) is 71.0 cm³/mol. The van der Waals surface area contributed by atoms with Gasteiger partial charge in [0.1, 0.15) is 0 Å². The molecule has 0 saturated heterocycles. The zero-order valence-corrected chi connectivity index (χ0v) is 10.8. The quantitative estimate of drug-likeness (QED) is 0.589. The summed E-state index contributed by atoms with van der Waals surface area (Å²) in [7, 11) is 0. The van der Waals surface area contributed by atoms with Crippen LogP contribution in [0.5, 0.6) is 0 Å². The third kappa shape index (κ3) is 3.37. The average molecular weight is 248 g/mol. The van der Waals surface area contributed by atoms with Crippen molar-refractivity contribution >= 4 is 23.3 Å². The monoisotopic (exact) mass is 248 g/mol. The normalized spacial score (nSPS) is 14.4. The molecule has 0 N–H and O–H groups in total. The highest BCUT2D eigenvalue weighted by Gasteiger charge is 2.22. The van der Waals surface area contributed by atoms with E-state index in [2.05, 4.69) is 6.58 Å². The van der Waals surface area contributed by atoms with Gasteiger partial charge in [0.25, 0.3) is 0 Å². The molecule has 1 aliphatic carbocycles.